The Bertz CT molecular complexity index is 428. The van der Waals surface area contributed by atoms with Gasteiger partial charge in [-0.3, -0.25) is 0 Å². The zero-order valence-electron chi connectivity index (χ0n) is 11.3. The van der Waals surface area contributed by atoms with Crippen molar-refractivity contribution >= 4 is 38.9 Å². The summed E-state index contributed by atoms with van der Waals surface area (Å²) in [7, 11) is 0. The standard InChI is InChI=1S/C15H21BrClNS/c1-2-5-18-14(13-8-12(16)15(17)19-13)11-7-9-3-4-10(11)6-9/h8-11,14,18H,2-7H2,1H3. The molecule has 2 fully saturated rings. The highest BCUT2D eigenvalue weighted by Crippen LogP contribution is 2.53. The molecule has 1 heterocycles. The summed E-state index contributed by atoms with van der Waals surface area (Å²) in [4.78, 5) is 1.42. The number of thiophene rings is 1. The lowest BCUT2D eigenvalue weighted by Crippen LogP contribution is -2.31. The van der Waals surface area contributed by atoms with Crippen molar-refractivity contribution in [2.75, 3.05) is 6.54 Å². The van der Waals surface area contributed by atoms with E-state index in [2.05, 4.69) is 34.2 Å². The summed E-state index contributed by atoms with van der Waals surface area (Å²) in [5, 5.41) is 3.78. The zero-order chi connectivity index (χ0) is 13.4. The molecule has 0 spiro atoms. The predicted octanol–water partition coefficient (Wildman–Crippen LogP) is 5.64. The van der Waals surface area contributed by atoms with Crippen molar-refractivity contribution in [2.45, 2.75) is 45.1 Å². The van der Waals surface area contributed by atoms with Gasteiger partial charge in [0.05, 0.1) is 0 Å². The highest BCUT2D eigenvalue weighted by Gasteiger charge is 2.43. The molecule has 4 atom stereocenters. The van der Waals surface area contributed by atoms with Crippen LogP contribution in [0.25, 0.3) is 0 Å². The molecule has 0 amide bonds. The van der Waals surface area contributed by atoms with E-state index in [-0.39, 0.29) is 0 Å². The van der Waals surface area contributed by atoms with Crippen molar-refractivity contribution < 1.29 is 0 Å². The van der Waals surface area contributed by atoms with E-state index in [1.54, 1.807) is 11.3 Å². The maximum absolute atomic E-state index is 6.24. The number of hydrogen-bond acceptors (Lipinski definition) is 2. The first-order valence-corrected chi connectivity index (χ1v) is 9.36. The normalized spacial score (nSPS) is 31.0. The Morgan fingerprint density at radius 1 is 1.47 bits per heavy atom. The first-order chi connectivity index (χ1) is 9.19. The largest absolute Gasteiger partial charge is 0.309 e. The van der Waals surface area contributed by atoms with Crippen LogP contribution in [0.3, 0.4) is 0 Å². The number of hydrogen-bond donors (Lipinski definition) is 1. The van der Waals surface area contributed by atoms with Crippen molar-refractivity contribution in [3.05, 3.63) is 19.8 Å². The van der Waals surface area contributed by atoms with Crippen LogP contribution >= 0.6 is 38.9 Å². The van der Waals surface area contributed by atoms with Crippen LogP contribution in [0.2, 0.25) is 4.34 Å². The molecule has 2 aliphatic rings. The Morgan fingerprint density at radius 2 is 2.32 bits per heavy atom. The molecule has 0 radical (unpaired) electrons. The maximum atomic E-state index is 6.24. The van der Waals surface area contributed by atoms with Crippen LogP contribution < -0.4 is 5.32 Å². The highest BCUT2D eigenvalue weighted by molar-refractivity contribution is 9.10. The average molecular weight is 363 g/mol. The number of rotatable bonds is 5. The molecule has 1 N–H and O–H groups in total. The second-order valence-corrected chi connectivity index (χ2v) is 8.58. The molecule has 2 saturated carbocycles. The molecule has 1 aromatic heterocycles. The van der Waals surface area contributed by atoms with Crippen LogP contribution in [-0.4, -0.2) is 6.54 Å². The lowest BCUT2D eigenvalue weighted by molar-refractivity contribution is 0.253. The van der Waals surface area contributed by atoms with Gasteiger partial charge in [0.25, 0.3) is 0 Å². The quantitative estimate of drug-likeness (QED) is 0.714. The zero-order valence-corrected chi connectivity index (χ0v) is 14.5. The van der Waals surface area contributed by atoms with E-state index in [1.807, 2.05) is 0 Å². The number of fused-ring (bicyclic) bond motifs is 2. The van der Waals surface area contributed by atoms with E-state index >= 15 is 0 Å². The van der Waals surface area contributed by atoms with E-state index in [1.165, 1.54) is 37.0 Å². The van der Waals surface area contributed by atoms with E-state index < -0.39 is 0 Å². The van der Waals surface area contributed by atoms with Gasteiger partial charge in [-0.15, -0.1) is 11.3 Å². The molecular formula is C15H21BrClNS. The summed E-state index contributed by atoms with van der Waals surface area (Å²) >= 11 is 11.5. The molecule has 2 bridgehead atoms. The van der Waals surface area contributed by atoms with Crippen molar-refractivity contribution in [2.24, 2.45) is 17.8 Å². The summed E-state index contributed by atoms with van der Waals surface area (Å²) in [5.41, 5.74) is 0. The van der Waals surface area contributed by atoms with E-state index in [0.29, 0.717) is 6.04 Å². The smallest absolute Gasteiger partial charge is 0.107 e. The summed E-state index contributed by atoms with van der Waals surface area (Å²) in [6.07, 6.45) is 6.99. The summed E-state index contributed by atoms with van der Waals surface area (Å²) in [6.45, 7) is 3.34. The summed E-state index contributed by atoms with van der Waals surface area (Å²) in [6, 6.07) is 2.75. The molecule has 19 heavy (non-hydrogen) atoms. The van der Waals surface area contributed by atoms with Gasteiger partial charge in [0.15, 0.2) is 0 Å². The van der Waals surface area contributed by atoms with Crippen LogP contribution in [0.1, 0.15) is 49.9 Å². The van der Waals surface area contributed by atoms with Crippen molar-refractivity contribution in [3.63, 3.8) is 0 Å². The Hall–Kier alpha value is 0.430. The SMILES string of the molecule is CCCNC(c1cc(Br)c(Cl)s1)C1CC2CCC1C2. The fourth-order valence-corrected chi connectivity index (χ4v) is 5.87. The predicted molar refractivity (Wildman–Crippen MR) is 87.0 cm³/mol. The Balaban J connectivity index is 1.81. The molecule has 4 unspecified atom stereocenters. The fourth-order valence-electron chi connectivity index (χ4n) is 3.98. The van der Waals surface area contributed by atoms with Gasteiger partial charge >= 0.3 is 0 Å². The van der Waals surface area contributed by atoms with Gasteiger partial charge in [0.1, 0.15) is 4.34 Å². The van der Waals surface area contributed by atoms with Crippen LogP contribution in [0, 0.1) is 17.8 Å². The van der Waals surface area contributed by atoms with Gasteiger partial charge in [-0.2, -0.15) is 0 Å². The Morgan fingerprint density at radius 3 is 2.84 bits per heavy atom. The van der Waals surface area contributed by atoms with Gasteiger partial charge in [0.2, 0.25) is 0 Å². The average Bonchev–Trinajstić information content (AvgIpc) is 3.08. The van der Waals surface area contributed by atoms with E-state index in [0.717, 1.165) is 33.1 Å². The number of nitrogens with one attached hydrogen (secondary N) is 1. The monoisotopic (exact) mass is 361 g/mol. The highest BCUT2D eigenvalue weighted by atomic mass is 79.9. The Labute approximate surface area is 133 Å². The maximum Gasteiger partial charge on any atom is 0.107 e. The second kappa shape index (κ2) is 6.05. The number of halogens is 2. The third-order valence-electron chi connectivity index (χ3n) is 4.81. The second-order valence-electron chi connectivity index (χ2n) is 6.04. The molecule has 1 aromatic rings. The molecule has 3 rings (SSSR count). The van der Waals surface area contributed by atoms with Crippen LogP contribution in [0.15, 0.2) is 10.5 Å². The van der Waals surface area contributed by atoms with Crippen LogP contribution in [0.4, 0.5) is 0 Å². The third kappa shape index (κ3) is 2.90. The molecule has 106 valence electrons. The molecule has 4 heteroatoms. The topological polar surface area (TPSA) is 12.0 Å². The van der Waals surface area contributed by atoms with Crippen LogP contribution in [-0.2, 0) is 0 Å². The molecule has 0 aliphatic heterocycles. The van der Waals surface area contributed by atoms with Crippen molar-refractivity contribution in [1.82, 2.24) is 5.32 Å². The van der Waals surface area contributed by atoms with Gasteiger partial charge < -0.3 is 5.32 Å². The first kappa shape index (κ1) is 14.4. The minimum absolute atomic E-state index is 0.518. The summed E-state index contributed by atoms with van der Waals surface area (Å²) in [5.74, 6) is 2.77. The Kier molecular flexibility index (Phi) is 4.57. The minimum Gasteiger partial charge on any atom is -0.309 e. The molecular weight excluding hydrogens is 342 g/mol. The van der Waals surface area contributed by atoms with Gasteiger partial charge in [-0.05, 0) is 72.0 Å². The van der Waals surface area contributed by atoms with Gasteiger partial charge in [-0.1, -0.05) is 24.9 Å². The first-order valence-electron chi connectivity index (χ1n) is 7.37. The minimum atomic E-state index is 0.518. The molecule has 2 aliphatic carbocycles. The van der Waals surface area contributed by atoms with Crippen molar-refractivity contribution in [3.8, 4) is 0 Å². The lowest BCUT2D eigenvalue weighted by atomic mass is 9.82. The van der Waals surface area contributed by atoms with Gasteiger partial charge in [0, 0.05) is 15.4 Å². The molecule has 0 aromatic carbocycles. The van der Waals surface area contributed by atoms with Crippen LogP contribution in [0.5, 0.6) is 0 Å². The van der Waals surface area contributed by atoms with Gasteiger partial charge in [-0.25, -0.2) is 0 Å². The fraction of sp³-hybridized carbons (Fsp3) is 0.733. The molecule has 1 nitrogen and oxygen atoms in total. The molecule has 0 saturated heterocycles. The van der Waals surface area contributed by atoms with E-state index in [4.69, 9.17) is 11.6 Å². The van der Waals surface area contributed by atoms with Crippen molar-refractivity contribution in [1.29, 1.82) is 0 Å². The lowest BCUT2D eigenvalue weighted by Gasteiger charge is -2.30. The summed E-state index contributed by atoms with van der Waals surface area (Å²) < 4.78 is 1.95. The third-order valence-corrected chi connectivity index (χ3v) is 7.36. The van der Waals surface area contributed by atoms with E-state index in [9.17, 15) is 0 Å².